The molecule has 0 saturated heterocycles. The van der Waals surface area contributed by atoms with Crippen molar-refractivity contribution in [2.24, 2.45) is 0 Å². The van der Waals surface area contributed by atoms with E-state index in [0.29, 0.717) is 24.3 Å². The van der Waals surface area contributed by atoms with Crippen LogP contribution in [0, 0.1) is 0 Å². The third-order valence-corrected chi connectivity index (χ3v) is 3.83. The molecule has 0 amide bonds. The first-order valence-corrected chi connectivity index (χ1v) is 8.04. The second kappa shape index (κ2) is 7.92. The summed E-state index contributed by atoms with van der Waals surface area (Å²) in [5.41, 5.74) is 2.22. The molecule has 0 aliphatic heterocycles. The number of carbonyl (C=O) groups is 2. The summed E-state index contributed by atoms with van der Waals surface area (Å²) in [7, 11) is 0. The Bertz CT molecular complexity index is 707. The average molecular weight is 377 g/mol. The molecule has 0 aromatic heterocycles. The fraction of sp³-hybridized carbons (Fsp3) is 0.222. The number of carboxylic acid groups (broad SMARTS) is 1. The van der Waals surface area contributed by atoms with Gasteiger partial charge in [-0.25, -0.2) is 0 Å². The molecule has 120 valence electrons. The number of benzene rings is 2. The lowest BCUT2D eigenvalue weighted by molar-refractivity contribution is -0.136. The second-order valence-corrected chi connectivity index (χ2v) is 6.01. The standard InChI is InChI=1S/C18H17BrO4/c1-2-16(20)15-10-14(19)7-8-17(15)23-11-13-5-3-12(4-6-13)9-18(21)22/h3-8,10H,2,9,11H2,1H3,(H,21,22). The summed E-state index contributed by atoms with van der Waals surface area (Å²) in [6.07, 6.45) is 0.416. The molecule has 0 fully saturated rings. The summed E-state index contributed by atoms with van der Waals surface area (Å²) in [6.45, 7) is 2.13. The van der Waals surface area contributed by atoms with Gasteiger partial charge >= 0.3 is 5.97 Å². The minimum absolute atomic E-state index is 0.00298. The van der Waals surface area contributed by atoms with Crippen LogP contribution in [0.15, 0.2) is 46.9 Å². The van der Waals surface area contributed by atoms with Crippen LogP contribution in [-0.2, 0) is 17.8 Å². The van der Waals surface area contributed by atoms with Crippen molar-refractivity contribution in [2.45, 2.75) is 26.4 Å². The van der Waals surface area contributed by atoms with Crippen LogP contribution in [0.5, 0.6) is 5.75 Å². The molecule has 23 heavy (non-hydrogen) atoms. The Balaban J connectivity index is 2.08. The van der Waals surface area contributed by atoms with E-state index in [1.807, 2.05) is 25.1 Å². The molecular weight excluding hydrogens is 360 g/mol. The zero-order chi connectivity index (χ0) is 16.8. The molecule has 2 aromatic rings. The maximum atomic E-state index is 12.0. The summed E-state index contributed by atoms with van der Waals surface area (Å²) in [6, 6.07) is 12.6. The van der Waals surface area contributed by atoms with Crippen molar-refractivity contribution < 1.29 is 19.4 Å². The molecule has 0 heterocycles. The maximum absolute atomic E-state index is 12.0. The first kappa shape index (κ1) is 17.2. The SMILES string of the molecule is CCC(=O)c1cc(Br)ccc1OCc1ccc(CC(=O)O)cc1. The summed E-state index contributed by atoms with van der Waals surface area (Å²) in [5, 5.41) is 8.76. The number of hydrogen-bond acceptors (Lipinski definition) is 3. The molecule has 2 rings (SSSR count). The highest BCUT2D eigenvalue weighted by Gasteiger charge is 2.12. The number of carbonyl (C=O) groups excluding carboxylic acids is 1. The number of halogens is 1. The lowest BCUT2D eigenvalue weighted by atomic mass is 10.1. The number of carboxylic acids is 1. The summed E-state index contributed by atoms with van der Waals surface area (Å²) < 4.78 is 6.60. The van der Waals surface area contributed by atoms with Gasteiger partial charge in [0.05, 0.1) is 12.0 Å². The third kappa shape index (κ3) is 4.93. The zero-order valence-corrected chi connectivity index (χ0v) is 14.3. The number of ether oxygens (including phenoxy) is 1. The van der Waals surface area contributed by atoms with Gasteiger partial charge in [-0.2, -0.15) is 0 Å². The van der Waals surface area contributed by atoms with E-state index < -0.39 is 5.97 Å². The van der Waals surface area contributed by atoms with E-state index in [-0.39, 0.29) is 12.2 Å². The number of ketones is 1. The number of aliphatic carboxylic acids is 1. The van der Waals surface area contributed by atoms with Gasteiger partial charge in [0.2, 0.25) is 0 Å². The number of rotatable bonds is 7. The molecule has 2 aromatic carbocycles. The van der Waals surface area contributed by atoms with Crippen LogP contribution in [0.2, 0.25) is 0 Å². The molecule has 0 aliphatic rings. The zero-order valence-electron chi connectivity index (χ0n) is 12.7. The van der Waals surface area contributed by atoms with Crippen molar-refractivity contribution in [3.63, 3.8) is 0 Å². The van der Waals surface area contributed by atoms with Gasteiger partial charge in [-0.05, 0) is 29.3 Å². The topological polar surface area (TPSA) is 63.6 Å². The quantitative estimate of drug-likeness (QED) is 0.733. The van der Waals surface area contributed by atoms with E-state index in [1.165, 1.54) is 0 Å². The molecule has 0 bridgehead atoms. The van der Waals surface area contributed by atoms with Crippen LogP contribution in [0.25, 0.3) is 0 Å². The number of hydrogen-bond donors (Lipinski definition) is 1. The molecule has 0 atom stereocenters. The lowest BCUT2D eigenvalue weighted by Crippen LogP contribution is -2.04. The monoisotopic (exact) mass is 376 g/mol. The predicted octanol–water partition coefficient (Wildman–Crippen LogP) is 4.25. The molecule has 0 radical (unpaired) electrons. The van der Waals surface area contributed by atoms with Gasteiger partial charge < -0.3 is 9.84 Å². The highest BCUT2D eigenvalue weighted by atomic mass is 79.9. The molecule has 1 N–H and O–H groups in total. The van der Waals surface area contributed by atoms with Gasteiger partial charge in [0, 0.05) is 10.9 Å². The van der Waals surface area contributed by atoms with Gasteiger partial charge in [-0.15, -0.1) is 0 Å². The molecule has 0 aliphatic carbocycles. The van der Waals surface area contributed by atoms with E-state index in [9.17, 15) is 9.59 Å². The minimum Gasteiger partial charge on any atom is -0.488 e. The van der Waals surface area contributed by atoms with E-state index >= 15 is 0 Å². The van der Waals surface area contributed by atoms with Crippen molar-refractivity contribution in [1.29, 1.82) is 0 Å². The van der Waals surface area contributed by atoms with Gasteiger partial charge in [0.25, 0.3) is 0 Å². The lowest BCUT2D eigenvalue weighted by Gasteiger charge is -2.11. The van der Waals surface area contributed by atoms with Crippen LogP contribution < -0.4 is 4.74 Å². The molecule has 0 spiro atoms. The van der Waals surface area contributed by atoms with Gasteiger partial charge in [-0.1, -0.05) is 47.1 Å². The Morgan fingerprint density at radius 2 is 1.74 bits per heavy atom. The van der Waals surface area contributed by atoms with Crippen LogP contribution >= 0.6 is 15.9 Å². The first-order chi connectivity index (χ1) is 11.0. The Morgan fingerprint density at radius 3 is 2.35 bits per heavy atom. The summed E-state index contributed by atoms with van der Waals surface area (Å²) in [5.74, 6) is -0.278. The van der Waals surface area contributed by atoms with Crippen LogP contribution in [0.4, 0.5) is 0 Å². The Kier molecular flexibility index (Phi) is 5.93. The van der Waals surface area contributed by atoms with Crippen molar-refractivity contribution in [3.05, 3.63) is 63.6 Å². The molecule has 4 nitrogen and oxygen atoms in total. The van der Waals surface area contributed by atoms with Crippen molar-refractivity contribution in [1.82, 2.24) is 0 Å². The largest absolute Gasteiger partial charge is 0.488 e. The highest BCUT2D eigenvalue weighted by molar-refractivity contribution is 9.10. The number of Topliss-reactive ketones (excluding diaryl/α,β-unsaturated/α-hetero) is 1. The average Bonchev–Trinajstić information content (AvgIpc) is 2.53. The van der Waals surface area contributed by atoms with Crippen molar-refractivity contribution >= 4 is 27.7 Å². The smallest absolute Gasteiger partial charge is 0.307 e. The van der Waals surface area contributed by atoms with Crippen molar-refractivity contribution in [3.8, 4) is 5.75 Å². The maximum Gasteiger partial charge on any atom is 0.307 e. The van der Waals surface area contributed by atoms with E-state index in [4.69, 9.17) is 9.84 Å². The van der Waals surface area contributed by atoms with Gasteiger partial charge in [-0.3, -0.25) is 9.59 Å². The second-order valence-electron chi connectivity index (χ2n) is 5.09. The summed E-state index contributed by atoms with van der Waals surface area (Å²) >= 11 is 3.36. The molecular formula is C18H17BrO4. The first-order valence-electron chi connectivity index (χ1n) is 7.24. The third-order valence-electron chi connectivity index (χ3n) is 3.34. The van der Waals surface area contributed by atoms with Gasteiger partial charge in [0.1, 0.15) is 12.4 Å². The minimum atomic E-state index is -0.855. The fourth-order valence-corrected chi connectivity index (χ4v) is 2.49. The molecule has 0 unspecified atom stereocenters. The van der Waals surface area contributed by atoms with Crippen molar-refractivity contribution in [2.75, 3.05) is 0 Å². The van der Waals surface area contributed by atoms with E-state index in [1.54, 1.807) is 24.3 Å². The Labute approximate surface area is 143 Å². The van der Waals surface area contributed by atoms with Gasteiger partial charge in [0.15, 0.2) is 5.78 Å². The fourth-order valence-electron chi connectivity index (χ4n) is 2.13. The van der Waals surface area contributed by atoms with E-state index in [0.717, 1.165) is 15.6 Å². The normalized spacial score (nSPS) is 10.3. The highest BCUT2D eigenvalue weighted by Crippen LogP contribution is 2.25. The Hall–Kier alpha value is -2.14. The van der Waals surface area contributed by atoms with Crippen LogP contribution in [0.3, 0.4) is 0 Å². The van der Waals surface area contributed by atoms with Crippen LogP contribution in [0.1, 0.15) is 34.8 Å². The van der Waals surface area contributed by atoms with E-state index in [2.05, 4.69) is 15.9 Å². The molecule has 5 heteroatoms. The predicted molar refractivity (Wildman–Crippen MR) is 90.9 cm³/mol. The summed E-state index contributed by atoms with van der Waals surface area (Å²) in [4.78, 5) is 22.6. The van der Waals surface area contributed by atoms with Crippen LogP contribution in [-0.4, -0.2) is 16.9 Å². The Morgan fingerprint density at radius 1 is 1.09 bits per heavy atom. The molecule has 0 saturated carbocycles.